The fourth-order valence-corrected chi connectivity index (χ4v) is 3.87. The summed E-state index contributed by atoms with van der Waals surface area (Å²) in [6, 6.07) is 9.04. The molecule has 0 spiro atoms. The SMILES string of the molecule is CN(C)CCc1ccc(NC(=O)C2CCC3CCCCN32)cc1. The van der Waals surface area contributed by atoms with Gasteiger partial charge in [0, 0.05) is 18.3 Å². The molecule has 1 amide bonds. The van der Waals surface area contributed by atoms with Gasteiger partial charge in [-0.1, -0.05) is 18.6 Å². The summed E-state index contributed by atoms with van der Waals surface area (Å²) in [5.41, 5.74) is 2.23. The van der Waals surface area contributed by atoms with Crippen LogP contribution in [0.25, 0.3) is 0 Å². The maximum absolute atomic E-state index is 12.6. The smallest absolute Gasteiger partial charge is 0.241 e. The molecule has 0 saturated carbocycles. The van der Waals surface area contributed by atoms with Gasteiger partial charge in [0.25, 0.3) is 0 Å². The first-order valence-electron chi connectivity index (χ1n) is 8.94. The monoisotopic (exact) mass is 315 g/mol. The Morgan fingerprint density at radius 2 is 1.96 bits per heavy atom. The van der Waals surface area contributed by atoms with Crippen LogP contribution in [0.5, 0.6) is 0 Å². The minimum atomic E-state index is 0.0775. The number of rotatable bonds is 5. The van der Waals surface area contributed by atoms with Gasteiger partial charge in [0.1, 0.15) is 0 Å². The molecular weight excluding hydrogens is 286 g/mol. The fourth-order valence-electron chi connectivity index (χ4n) is 3.87. The molecule has 2 heterocycles. The van der Waals surface area contributed by atoms with Crippen LogP contribution in [0.1, 0.15) is 37.7 Å². The second-order valence-corrected chi connectivity index (χ2v) is 7.22. The maximum atomic E-state index is 12.6. The summed E-state index contributed by atoms with van der Waals surface area (Å²) in [4.78, 5) is 17.2. The van der Waals surface area contributed by atoms with Gasteiger partial charge in [0.2, 0.25) is 5.91 Å². The van der Waals surface area contributed by atoms with Gasteiger partial charge in [-0.15, -0.1) is 0 Å². The third kappa shape index (κ3) is 4.12. The van der Waals surface area contributed by atoms with Gasteiger partial charge in [-0.05, 0) is 70.4 Å². The van der Waals surface area contributed by atoms with Crippen LogP contribution in [-0.2, 0) is 11.2 Å². The van der Waals surface area contributed by atoms with Crippen molar-refractivity contribution < 1.29 is 4.79 Å². The summed E-state index contributed by atoms with van der Waals surface area (Å²) in [5, 5.41) is 3.12. The van der Waals surface area contributed by atoms with Crippen molar-refractivity contribution in [1.29, 1.82) is 0 Å². The van der Waals surface area contributed by atoms with E-state index in [1.807, 2.05) is 12.1 Å². The van der Waals surface area contributed by atoms with E-state index in [0.717, 1.165) is 31.6 Å². The van der Waals surface area contributed by atoms with Gasteiger partial charge in [0.15, 0.2) is 0 Å². The normalized spacial score (nSPS) is 24.7. The number of nitrogens with zero attached hydrogens (tertiary/aromatic N) is 2. The van der Waals surface area contributed by atoms with Crippen LogP contribution in [0.15, 0.2) is 24.3 Å². The van der Waals surface area contributed by atoms with Crippen molar-refractivity contribution in [2.75, 3.05) is 32.5 Å². The van der Waals surface area contributed by atoms with Gasteiger partial charge >= 0.3 is 0 Å². The third-order valence-corrected chi connectivity index (χ3v) is 5.22. The first kappa shape index (κ1) is 16.5. The van der Waals surface area contributed by atoms with Crippen LogP contribution >= 0.6 is 0 Å². The lowest BCUT2D eigenvalue weighted by Crippen LogP contribution is -2.45. The van der Waals surface area contributed by atoms with Gasteiger partial charge in [0.05, 0.1) is 6.04 Å². The number of carbonyl (C=O) groups is 1. The van der Waals surface area contributed by atoms with Crippen LogP contribution < -0.4 is 5.32 Å². The number of hydrogen-bond acceptors (Lipinski definition) is 3. The van der Waals surface area contributed by atoms with Crippen molar-refractivity contribution in [3.05, 3.63) is 29.8 Å². The molecule has 0 aliphatic carbocycles. The number of carbonyl (C=O) groups excluding carboxylic acids is 1. The number of piperidine rings is 1. The highest BCUT2D eigenvalue weighted by atomic mass is 16.2. The van der Waals surface area contributed by atoms with Crippen molar-refractivity contribution in [3.8, 4) is 0 Å². The lowest BCUT2D eigenvalue weighted by atomic mass is 10.0. The molecule has 0 aromatic heterocycles. The second kappa shape index (κ2) is 7.45. The van der Waals surface area contributed by atoms with Crippen molar-refractivity contribution in [2.45, 2.75) is 50.6 Å². The highest BCUT2D eigenvalue weighted by Gasteiger charge is 2.38. The highest BCUT2D eigenvalue weighted by molar-refractivity contribution is 5.95. The molecule has 126 valence electrons. The van der Waals surface area contributed by atoms with Crippen LogP contribution in [0.3, 0.4) is 0 Å². The molecule has 2 saturated heterocycles. The molecule has 2 fully saturated rings. The van der Waals surface area contributed by atoms with E-state index in [4.69, 9.17) is 0 Å². The Kier molecular flexibility index (Phi) is 5.34. The highest BCUT2D eigenvalue weighted by Crippen LogP contribution is 2.32. The Morgan fingerprint density at radius 3 is 2.70 bits per heavy atom. The molecular formula is C19H29N3O. The van der Waals surface area contributed by atoms with E-state index < -0.39 is 0 Å². The molecule has 1 aromatic carbocycles. The van der Waals surface area contributed by atoms with E-state index in [9.17, 15) is 4.79 Å². The van der Waals surface area contributed by atoms with E-state index in [0.29, 0.717) is 6.04 Å². The Bertz CT molecular complexity index is 526. The zero-order valence-corrected chi connectivity index (χ0v) is 14.4. The Hall–Kier alpha value is -1.39. The number of likely N-dealkylation sites (N-methyl/N-ethyl adjacent to an activating group) is 1. The number of hydrogen-bond donors (Lipinski definition) is 1. The number of nitrogens with one attached hydrogen (secondary N) is 1. The van der Waals surface area contributed by atoms with E-state index in [2.05, 4.69) is 41.3 Å². The lowest BCUT2D eigenvalue weighted by Gasteiger charge is -2.33. The number of benzene rings is 1. The standard InChI is InChI=1S/C19H29N3O/c1-21(2)14-12-15-6-8-16(9-7-15)20-19(23)18-11-10-17-5-3-4-13-22(17)18/h6-9,17-18H,3-5,10-14H2,1-2H3,(H,20,23). The molecule has 0 radical (unpaired) electrons. The molecule has 3 rings (SSSR count). The van der Waals surface area contributed by atoms with Crippen LogP contribution in [0.4, 0.5) is 5.69 Å². The summed E-state index contributed by atoms with van der Waals surface area (Å²) in [6.07, 6.45) is 7.06. The van der Waals surface area contributed by atoms with Crippen molar-refractivity contribution >= 4 is 11.6 Å². The van der Waals surface area contributed by atoms with Gasteiger partial charge in [-0.25, -0.2) is 0 Å². The predicted octanol–water partition coefficient (Wildman–Crippen LogP) is 2.75. The molecule has 1 aromatic rings. The zero-order chi connectivity index (χ0) is 16.2. The first-order chi connectivity index (χ1) is 11.1. The molecule has 4 nitrogen and oxygen atoms in total. The molecule has 2 atom stereocenters. The van der Waals surface area contributed by atoms with Gasteiger partial charge < -0.3 is 10.2 Å². The Balaban J connectivity index is 1.55. The van der Waals surface area contributed by atoms with Gasteiger partial charge in [-0.3, -0.25) is 9.69 Å². The quantitative estimate of drug-likeness (QED) is 0.907. The molecule has 2 aliphatic heterocycles. The predicted molar refractivity (Wildman–Crippen MR) is 94.7 cm³/mol. The van der Waals surface area contributed by atoms with Crippen molar-refractivity contribution in [1.82, 2.24) is 9.80 Å². The third-order valence-electron chi connectivity index (χ3n) is 5.22. The van der Waals surface area contributed by atoms with E-state index in [1.165, 1.54) is 31.2 Å². The summed E-state index contributed by atoms with van der Waals surface area (Å²) < 4.78 is 0. The largest absolute Gasteiger partial charge is 0.325 e. The van der Waals surface area contributed by atoms with E-state index in [1.54, 1.807) is 0 Å². The summed E-state index contributed by atoms with van der Waals surface area (Å²) in [7, 11) is 4.17. The minimum Gasteiger partial charge on any atom is -0.325 e. The molecule has 2 unspecified atom stereocenters. The van der Waals surface area contributed by atoms with Crippen molar-refractivity contribution in [3.63, 3.8) is 0 Å². The van der Waals surface area contributed by atoms with E-state index >= 15 is 0 Å². The average Bonchev–Trinajstić information content (AvgIpc) is 2.98. The number of amides is 1. The molecule has 0 bridgehead atoms. The summed E-state index contributed by atoms with van der Waals surface area (Å²) in [6.45, 7) is 2.14. The molecule has 4 heteroatoms. The Labute approximate surface area is 139 Å². The zero-order valence-electron chi connectivity index (χ0n) is 14.4. The van der Waals surface area contributed by atoms with Crippen LogP contribution in [0.2, 0.25) is 0 Å². The fraction of sp³-hybridized carbons (Fsp3) is 0.632. The van der Waals surface area contributed by atoms with E-state index in [-0.39, 0.29) is 11.9 Å². The molecule has 23 heavy (non-hydrogen) atoms. The first-order valence-corrected chi connectivity index (χ1v) is 8.94. The van der Waals surface area contributed by atoms with Crippen LogP contribution in [0, 0.1) is 0 Å². The Morgan fingerprint density at radius 1 is 1.17 bits per heavy atom. The lowest BCUT2D eigenvalue weighted by molar-refractivity contribution is -0.121. The number of fused-ring (bicyclic) bond motifs is 1. The minimum absolute atomic E-state index is 0.0775. The second-order valence-electron chi connectivity index (χ2n) is 7.22. The van der Waals surface area contributed by atoms with Crippen LogP contribution in [-0.4, -0.2) is 55.0 Å². The summed E-state index contributed by atoms with van der Waals surface area (Å²) in [5.74, 6) is 0.176. The topological polar surface area (TPSA) is 35.6 Å². The summed E-state index contributed by atoms with van der Waals surface area (Å²) >= 11 is 0. The molecule has 2 aliphatic rings. The number of anilines is 1. The maximum Gasteiger partial charge on any atom is 0.241 e. The molecule has 1 N–H and O–H groups in total. The average molecular weight is 315 g/mol. The van der Waals surface area contributed by atoms with Crippen molar-refractivity contribution in [2.24, 2.45) is 0 Å². The van der Waals surface area contributed by atoms with Gasteiger partial charge in [-0.2, -0.15) is 0 Å².